The number of carboxylic acid groups (broad SMARTS) is 1. The average Bonchev–Trinajstić information content (AvgIpc) is 3.28. The minimum Gasteiger partial charge on any atom is -0.477 e. The highest BCUT2D eigenvalue weighted by Gasteiger charge is 2.54. The molecule has 1 aromatic heterocycles. The van der Waals surface area contributed by atoms with Crippen LogP contribution in [0.25, 0.3) is 0 Å². The van der Waals surface area contributed by atoms with Crippen LogP contribution in [0.3, 0.4) is 0 Å². The van der Waals surface area contributed by atoms with Crippen molar-refractivity contribution in [1.29, 1.82) is 0 Å². The monoisotopic (exact) mass is 597 g/mol. The van der Waals surface area contributed by atoms with Gasteiger partial charge in [0.05, 0.1) is 5.33 Å². The summed E-state index contributed by atoms with van der Waals surface area (Å²) < 4.78 is 0.726. The first-order valence-electron chi connectivity index (χ1n) is 10.3. The highest BCUT2D eigenvalue weighted by Crippen LogP contribution is 2.42. The third-order valence-corrected chi connectivity index (χ3v) is 9.15. The summed E-state index contributed by atoms with van der Waals surface area (Å²) in [5.74, 6) is -1.85. The Morgan fingerprint density at radius 2 is 2.03 bits per heavy atom. The molecule has 1 aromatic carbocycles. The molecule has 184 valence electrons. The Hall–Kier alpha value is -2.42. The zero-order chi connectivity index (χ0) is 25.1. The number of aryl methyl sites for hydroxylation is 1. The summed E-state index contributed by atoms with van der Waals surface area (Å²) in [6.07, 6.45) is 0. The second-order valence-corrected chi connectivity index (χ2v) is 11.6. The van der Waals surface area contributed by atoms with E-state index in [0.717, 1.165) is 9.35 Å². The fourth-order valence-electron chi connectivity index (χ4n) is 3.66. The molecule has 0 bridgehead atoms. The quantitative estimate of drug-likeness (QED) is 0.224. The van der Waals surface area contributed by atoms with Gasteiger partial charge in [-0.05, 0) is 18.1 Å². The van der Waals surface area contributed by atoms with E-state index in [0.29, 0.717) is 22.6 Å². The van der Waals surface area contributed by atoms with E-state index in [-0.39, 0.29) is 16.9 Å². The zero-order valence-electron chi connectivity index (χ0n) is 18.3. The SMILES string of the molecule is Cc1nnc(SCC2=C(C(=O)O)N3C(=O)C(NC(=O)[C@H](NC(=O)CBr)c4ccccc4)[C@H]3SC2)s1. The van der Waals surface area contributed by atoms with Crippen LogP contribution in [-0.4, -0.2) is 72.1 Å². The summed E-state index contributed by atoms with van der Waals surface area (Å²) in [6.45, 7) is 1.84. The number of hydrogen-bond donors (Lipinski definition) is 3. The molecule has 0 saturated carbocycles. The van der Waals surface area contributed by atoms with Gasteiger partial charge in [-0.1, -0.05) is 69.4 Å². The molecule has 1 saturated heterocycles. The van der Waals surface area contributed by atoms with E-state index in [1.165, 1.54) is 39.8 Å². The van der Waals surface area contributed by atoms with Crippen molar-refractivity contribution in [3.05, 3.63) is 52.2 Å². The summed E-state index contributed by atoms with van der Waals surface area (Å²) in [5.41, 5.74) is 1.13. The summed E-state index contributed by atoms with van der Waals surface area (Å²) in [5, 5.41) is 23.5. The molecule has 3 atom stereocenters. The molecule has 1 fully saturated rings. The molecule has 10 nitrogen and oxygen atoms in total. The van der Waals surface area contributed by atoms with Crippen molar-refractivity contribution in [2.75, 3.05) is 16.8 Å². The number of nitrogens with zero attached hydrogens (tertiary/aromatic N) is 3. The predicted octanol–water partition coefficient (Wildman–Crippen LogP) is 1.93. The molecule has 4 rings (SSSR count). The third-order valence-electron chi connectivity index (χ3n) is 5.25. The molecule has 2 aromatic rings. The van der Waals surface area contributed by atoms with Crippen LogP contribution < -0.4 is 10.6 Å². The number of amides is 3. The van der Waals surface area contributed by atoms with Gasteiger partial charge in [0.25, 0.3) is 5.91 Å². The van der Waals surface area contributed by atoms with Crippen molar-refractivity contribution in [2.45, 2.75) is 28.7 Å². The minimum absolute atomic E-state index is 0.0163. The number of aliphatic carboxylic acids is 1. The molecule has 1 unspecified atom stereocenters. The van der Waals surface area contributed by atoms with Crippen molar-refractivity contribution in [1.82, 2.24) is 25.7 Å². The van der Waals surface area contributed by atoms with Gasteiger partial charge in [-0.15, -0.1) is 22.0 Å². The third kappa shape index (κ3) is 5.55. The van der Waals surface area contributed by atoms with Gasteiger partial charge in [0.2, 0.25) is 11.8 Å². The minimum atomic E-state index is -1.19. The number of fused-ring (bicyclic) bond motifs is 1. The first-order chi connectivity index (χ1) is 16.8. The van der Waals surface area contributed by atoms with Gasteiger partial charge in [0, 0.05) is 11.5 Å². The molecule has 2 aliphatic rings. The van der Waals surface area contributed by atoms with Crippen molar-refractivity contribution in [2.24, 2.45) is 0 Å². The first-order valence-corrected chi connectivity index (χ1v) is 14.3. The number of halogens is 1. The number of carbonyl (C=O) groups is 4. The Morgan fingerprint density at radius 3 is 2.66 bits per heavy atom. The van der Waals surface area contributed by atoms with Crippen LogP contribution in [0, 0.1) is 6.92 Å². The van der Waals surface area contributed by atoms with E-state index in [1.54, 1.807) is 30.3 Å². The average molecular weight is 599 g/mol. The number of rotatable bonds is 9. The number of nitrogens with one attached hydrogen (secondary N) is 2. The first kappa shape index (κ1) is 25.7. The van der Waals surface area contributed by atoms with E-state index in [4.69, 9.17) is 0 Å². The zero-order valence-corrected chi connectivity index (χ0v) is 22.3. The second kappa shape index (κ2) is 11.1. The Balaban J connectivity index is 1.48. The lowest BCUT2D eigenvalue weighted by Crippen LogP contribution is -2.71. The van der Waals surface area contributed by atoms with E-state index in [2.05, 4.69) is 36.8 Å². The smallest absolute Gasteiger partial charge is 0.352 e. The lowest BCUT2D eigenvalue weighted by molar-refractivity contribution is -0.151. The molecular weight excluding hydrogens is 578 g/mol. The number of carboxylic acids is 1. The van der Waals surface area contributed by atoms with Gasteiger partial charge in [-0.3, -0.25) is 19.3 Å². The lowest BCUT2D eigenvalue weighted by atomic mass is 10.0. The molecule has 35 heavy (non-hydrogen) atoms. The standard InChI is InChI=1S/C21H20BrN5O5S3/c1-10-25-26-21(35-10)34-9-12-8-33-19-15(18(30)27(19)16(12)20(31)32)24-17(29)14(23-13(28)7-22)11-5-3-2-4-6-11/h2-6,14-15,19H,7-9H2,1H3,(H,23,28)(H,24,29)(H,31,32)/t14-,15?,19-/m1/s1. The van der Waals surface area contributed by atoms with Crippen LogP contribution >= 0.6 is 50.8 Å². The van der Waals surface area contributed by atoms with Gasteiger partial charge >= 0.3 is 5.97 Å². The number of carbonyl (C=O) groups excluding carboxylic acids is 3. The van der Waals surface area contributed by atoms with Crippen molar-refractivity contribution in [3.8, 4) is 0 Å². The Bertz CT molecular complexity index is 1190. The molecule has 3 N–H and O–H groups in total. The summed E-state index contributed by atoms with van der Waals surface area (Å²) in [7, 11) is 0. The molecule has 2 aliphatic heterocycles. The maximum absolute atomic E-state index is 13.1. The maximum atomic E-state index is 13.1. The van der Waals surface area contributed by atoms with Crippen LogP contribution in [0.2, 0.25) is 0 Å². The van der Waals surface area contributed by atoms with E-state index < -0.39 is 35.2 Å². The predicted molar refractivity (Wildman–Crippen MR) is 136 cm³/mol. The Kier molecular flexibility index (Phi) is 8.14. The van der Waals surface area contributed by atoms with Gasteiger partial charge in [-0.25, -0.2) is 4.79 Å². The number of benzene rings is 1. The number of hydrogen-bond acceptors (Lipinski definition) is 9. The molecule has 0 radical (unpaired) electrons. The van der Waals surface area contributed by atoms with Gasteiger partial charge < -0.3 is 15.7 Å². The van der Waals surface area contributed by atoms with Crippen molar-refractivity contribution in [3.63, 3.8) is 0 Å². The number of thioether (sulfide) groups is 2. The van der Waals surface area contributed by atoms with Crippen LogP contribution in [0.15, 0.2) is 45.9 Å². The highest BCUT2D eigenvalue weighted by atomic mass is 79.9. The van der Waals surface area contributed by atoms with Crippen molar-refractivity contribution < 1.29 is 24.3 Å². The van der Waals surface area contributed by atoms with E-state index in [9.17, 15) is 24.3 Å². The molecule has 3 heterocycles. The highest BCUT2D eigenvalue weighted by molar-refractivity contribution is 9.09. The van der Waals surface area contributed by atoms with Crippen LogP contribution in [0.4, 0.5) is 0 Å². The van der Waals surface area contributed by atoms with Crippen LogP contribution in [0.1, 0.15) is 16.6 Å². The van der Waals surface area contributed by atoms with Crippen LogP contribution in [0.5, 0.6) is 0 Å². The number of β-lactam (4-membered cyclic amide) rings is 1. The summed E-state index contributed by atoms with van der Waals surface area (Å²) in [6, 6.07) is 6.81. The van der Waals surface area contributed by atoms with Gasteiger partial charge in [0.15, 0.2) is 4.34 Å². The Morgan fingerprint density at radius 1 is 1.29 bits per heavy atom. The van der Waals surface area contributed by atoms with Gasteiger partial charge in [-0.2, -0.15) is 0 Å². The van der Waals surface area contributed by atoms with Gasteiger partial charge in [0.1, 0.15) is 28.2 Å². The molecular formula is C21H20BrN5O5S3. The fourth-order valence-corrected chi connectivity index (χ4v) is 7.12. The van der Waals surface area contributed by atoms with E-state index >= 15 is 0 Å². The molecule has 0 spiro atoms. The molecule has 14 heteroatoms. The topological polar surface area (TPSA) is 142 Å². The largest absolute Gasteiger partial charge is 0.477 e. The molecule has 0 aliphatic carbocycles. The summed E-state index contributed by atoms with van der Waals surface area (Å²) in [4.78, 5) is 51.4. The summed E-state index contributed by atoms with van der Waals surface area (Å²) >= 11 is 7.26. The Labute approximate surface area is 221 Å². The normalized spacial score (nSPS) is 20.1. The van der Waals surface area contributed by atoms with E-state index in [1.807, 2.05) is 6.92 Å². The molecule has 3 amide bonds. The lowest BCUT2D eigenvalue weighted by Gasteiger charge is -2.49. The fraction of sp³-hybridized carbons (Fsp3) is 0.333. The second-order valence-electron chi connectivity index (χ2n) is 7.57. The number of alkyl halides is 1. The maximum Gasteiger partial charge on any atom is 0.352 e. The van der Waals surface area contributed by atoms with Crippen LogP contribution in [-0.2, 0) is 19.2 Å². The number of aromatic nitrogens is 2. The van der Waals surface area contributed by atoms with Crippen molar-refractivity contribution >= 4 is 74.5 Å².